The van der Waals surface area contributed by atoms with E-state index in [4.69, 9.17) is 0 Å². The zero-order valence-electron chi connectivity index (χ0n) is 11.3. The van der Waals surface area contributed by atoms with Gasteiger partial charge in [0.15, 0.2) is 0 Å². The van der Waals surface area contributed by atoms with Crippen molar-refractivity contribution >= 4 is 10.8 Å². The van der Waals surface area contributed by atoms with Crippen molar-refractivity contribution in [3.8, 4) is 0 Å². The molecule has 18 heavy (non-hydrogen) atoms. The predicted molar refractivity (Wildman–Crippen MR) is 79.1 cm³/mol. The van der Waals surface area contributed by atoms with Crippen LogP contribution < -0.4 is 5.32 Å². The highest BCUT2D eigenvalue weighted by atomic mass is 15.1. The molecular weight excluding hydrogens is 220 g/mol. The minimum absolute atomic E-state index is 1.04. The number of benzene rings is 2. The van der Waals surface area contributed by atoms with Gasteiger partial charge >= 0.3 is 0 Å². The van der Waals surface area contributed by atoms with Crippen LogP contribution in [0.5, 0.6) is 0 Å². The summed E-state index contributed by atoms with van der Waals surface area (Å²) in [6.45, 7) is 3.19. The molecule has 2 rings (SSSR count). The second-order valence-electron chi connectivity index (χ2n) is 4.94. The Morgan fingerprint density at radius 3 is 2.56 bits per heavy atom. The Bertz CT molecular complexity index is 486. The van der Waals surface area contributed by atoms with Crippen molar-refractivity contribution in [1.82, 2.24) is 10.2 Å². The molecule has 2 aromatic rings. The second kappa shape index (κ2) is 6.53. The van der Waals surface area contributed by atoms with E-state index < -0.39 is 0 Å². The largest absolute Gasteiger partial charge is 0.315 e. The number of nitrogens with one attached hydrogen (secondary N) is 1. The molecule has 0 aliphatic carbocycles. The molecule has 0 atom stereocenters. The molecule has 0 aliphatic heterocycles. The maximum absolute atomic E-state index is 3.49. The summed E-state index contributed by atoms with van der Waals surface area (Å²) in [6.07, 6.45) is 1.09. The molecular formula is C16H22N2. The summed E-state index contributed by atoms with van der Waals surface area (Å²) >= 11 is 0. The zero-order chi connectivity index (χ0) is 12.8. The molecule has 0 spiro atoms. The summed E-state index contributed by atoms with van der Waals surface area (Å²) in [5.41, 5.74) is 1.44. The van der Waals surface area contributed by atoms with E-state index in [0.717, 1.165) is 26.1 Å². The molecule has 0 bridgehead atoms. The quantitative estimate of drug-likeness (QED) is 0.783. The highest BCUT2D eigenvalue weighted by molar-refractivity contribution is 5.85. The maximum Gasteiger partial charge on any atom is 0.0101 e. The average molecular weight is 242 g/mol. The Balaban J connectivity index is 1.91. The van der Waals surface area contributed by atoms with Crippen molar-refractivity contribution in [3.05, 3.63) is 48.0 Å². The second-order valence-corrected chi connectivity index (χ2v) is 4.94. The first-order chi connectivity index (χ1) is 8.77. The molecule has 2 aromatic carbocycles. The molecule has 0 fully saturated rings. The van der Waals surface area contributed by atoms with Gasteiger partial charge in [-0.2, -0.15) is 0 Å². The number of nitrogens with zero attached hydrogens (tertiary/aromatic N) is 1. The van der Waals surface area contributed by atoms with Gasteiger partial charge < -0.3 is 10.2 Å². The molecule has 0 saturated heterocycles. The van der Waals surface area contributed by atoms with Gasteiger partial charge in [0.25, 0.3) is 0 Å². The first-order valence-corrected chi connectivity index (χ1v) is 6.59. The highest BCUT2D eigenvalue weighted by Crippen LogP contribution is 2.18. The first kappa shape index (κ1) is 13.1. The molecule has 0 aliphatic rings. The van der Waals surface area contributed by atoms with Crippen LogP contribution in [0.2, 0.25) is 0 Å². The van der Waals surface area contributed by atoms with Gasteiger partial charge in [0.1, 0.15) is 0 Å². The lowest BCUT2D eigenvalue weighted by atomic mass is 10.0. The molecule has 2 nitrogen and oxygen atoms in total. The third-order valence-electron chi connectivity index (χ3n) is 3.19. The van der Waals surface area contributed by atoms with Gasteiger partial charge in [-0.1, -0.05) is 42.5 Å². The van der Waals surface area contributed by atoms with Crippen LogP contribution in [0.4, 0.5) is 0 Å². The van der Waals surface area contributed by atoms with E-state index in [1.54, 1.807) is 0 Å². The molecule has 0 radical (unpaired) electrons. The Morgan fingerprint density at radius 1 is 0.944 bits per heavy atom. The van der Waals surface area contributed by atoms with Crippen LogP contribution in [0.1, 0.15) is 5.56 Å². The fraction of sp³-hybridized carbons (Fsp3) is 0.375. The van der Waals surface area contributed by atoms with Crippen molar-refractivity contribution in [2.24, 2.45) is 0 Å². The summed E-state index contributed by atoms with van der Waals surface area (Å²) in [5, 5.41) is 6.21. The molecule has 2 heteroatoms. The maximum atomic E-state index is 3.49. The van der Waals surface area contributed by atoms with Crippen molar-refractivity contribution in [2.45, 2.75) is 6.42 Å². The van der Waals surface area contributed by atoms with E-state index in [1.165, 1.54) is 16.3 Å². The van der Waals surface area contributed by atoms with Gasteiger partial charge in [0, 0.05) is 13.1 Å². The van der Waals surface area contributed by atoms with Crippen molar-refractivity contribution in [1.29, 1.82) is 0 Å². The molecule has 0 unspecified atom stereocenters. The molecule has 1 N–H and O–H groups in total. The van der Waals surface area contributed by atoms with Crippen molar-refractivity contribution in [2.75, 3.05) is 33.7 Å². The van der Waals surface area contributed by atoms with Crippen LogP contribution in [0, 0.1) is 0 Å². The Kier molecular flexibility index (Phi) is 4.73. The Labute approximate surface area is 110 Å². The van der Waals surface area contributed by atoms with E-state index in [1.807, 2.05) is 0 Å². The van der Waals surface area contributed by atoms with Crippen LogP contribution in [0.3, 0.4) is 0 Å². The van der Waals surface area contributed by atoms with E-state index in [9.17, 15) is 0 Å². The lowest BCUT2D eigenvalue weighted by Crippen LogP contribution is -2.27. The summed E-state index contributed by atoms with van der Waals surface area (Å²) in [4.78, 5) is 2.20. The van der Waals surface area contributed by atoms with E-state index in [-0.39, 0.29) is 0 Å². The van der Waals surface area contributed by atoms with Crippen LogP contribution in [0.25, 0.3) is 10.8 Å². The zero-order valence-corrected chi connectivity index (χ0v) is 11.3. The summed E-state index contributed by atoms with van der Waals surface area (Å²) in [5.74, 6) is 0. The fourth-order valence-corrected chi connectivity index (χ4v) is 2.16. The number of likely N-dealkylation sites (N-methyl/N-ethyl adjacent to an activating group) is 1. The number of hydrogen-bond acceptors (Lipinski definition) is 2. The molecule has 0 heterocycles. The Morgan fingerprint density at radius 2 is 1.72 bits per heavy atom. The smallest absolute Gasteiger partial charge is 0.0101 e. The highest BCUT2D eigenvalue weighted by Gasteiger charge is 1.99. The van der Waals surface area contributed by atoms with E-state index in [0.29, 0.717) is 0 Å². The SMILES string of the molecule is CN(C)CCNCCc1cccc2ccccc12. The summed E-state index contributed by atoms with van der Waals surface area (Å²) < 4.78 is 0. The topological polar surface area (TPSA) is 15.3 Å². The minimum Gasteiger partial charge on any atom is -0.315 e. The molecule has 0 amide bonds. The fourth-order valence-electron chi connectivity index (χ4n) is 2.16. The van der Waals surface area contributed by atoms with Crippen LogP contribution in [-0.4, -0.2) is 38.6 Å². The van der Waals surface area contributed by atoms with Gasteiger partial charge in [-0.05, 0) is 43.4 Å². The molecule has 0 saturated carbocycles. The van der Waals surface area contributed by atoms with Crippen molar-refractivity contribution < 1.29 is 0 Å². The third-order valence-corrected chi connectivity index (χ3v) is 3.19. The van der Waals surface area contributed by atoms with Gasteiger partial charge in [0.2, 0.25) is 0 Å². The summed E-state index contributed by atoms with van der Waals surface area (Å²) in [6, 6.07) is 15.2. The lowest BCUT2D eigenvalue weighted by molar-refractivity contribution is 0.401. The van der Waals surface area contributed by atoms with Crippen LogP contribution >= 0.6 is 0 Å². The van der Waals surface area contributed by atoms with Gasteiger partial charge in [0.05, 0.1) is 0 Å². The minimum atomic E-state index is 1.04. The van der Waals surface area contributed by atoms with Gasteiger partial charge in [-0.3, -0.25) is 0 Å². The standard InChI is InChI=1S/C16H22N2/c1-18(2)13-12-17-11-10-15-8-5-7-14-6-3-4-9-16(14)15/h3-9,17H,10-13H2,1-2H3. The number of rotatable bonds is 6. The normalized spacial score (nSPS) is 11.3. The van der Waals surface area contributed by atoms with E-state index >= 15 is 0 Å². The van der Waals surface area contributed by atoms with Crippen LogP contribution in [0.15, 0.2) is 42.5 Å². The predicted octanol–water partition coefficient (Wildman–Crippen LogP) is 2.53. The molecule has 96 valence electrons. The van der Waals surface area contributed by atoms with Crippen LogP contribution in [-0.2, 0) is 6.42 Å². The van der Waals surface area contributed by atoms with E-state index in [2.05, 4.69) is 66.8 Å². The van der Waals surface area contributed by atoms with Crippen molar-refractivity contribution in [3.63, 3.8) is 0 Å². The third kappa shape index (κ3) is 3.56. The lowest BCUT2D eigenvalue weighted by Gasteiger charge is -2.11. The first-order valence-electron chi connectivity index (χ1n) is 6.59. The Hall–Kier alpha value is -1.38. The molecule has 0 aromatic heterocycles. The van der Waals surface area contributed by atoms with Gasteiger partial charge in [-0.25, -0.2) is 0 Å². The summed E-state index contributed by atoms with van der Waals surface area (Å²) in [7, 11) is 4.21. The monoisotopic (exact) mass is 242 g/mol. The number of hydrogen-bond donors (Lipinski definition) is 1. The van der Waals surface area contributed by atoms with Gasteiger partial charge in [-0.15, -0.1) is 0 Å². The average Bonchev–Trinajstić information content (AvgIpc) is 2.38. The number of fused-ring (bicyclic) bond motifs is 1.